The number of aryl methyl sites for hydroxylation is 1. The monoisotopic (exact) mass is 354 g/mol. The zero-order valence-electron chi connectivity index (χ0n) is 10.4. The predicted octanol–water partition coefficient (Wildman–Crippen LogP) is 1.60. The van der Waals surface area contributed by atoms with Crippen LogP contribution in [0.1, 0.15) is 11.8 Å². The summed E-state index contributed by atoms with van der Waals surface area (Å²) in [5.41, 5.74) is 0. The van der Waals surface area contributed by atoms with Crippen LogP contribution < -0.4 is 0 Å². The zero-order valence-corrected chi connectivity index (χ0v) is 13.6. The minimum absolute atomic E-state index is 0.140. The van der Waals surface area contributed by atoms with Gasteiger partial charge in [-0.05, 0) is 12.5 Å². The Morgan fingerprint density at radius 2 is 1.90 bits per heavy atom. The minimum atomic E-state index is -3.87. The Morgan fingerprint density at radius 3 is 2.50 bits per heavy atom. The topological polar surface area (TPSA) is 94.1 Å². The number of hydrogen-bond acceptors (Lipinski definition) is 7. The highest BCUT2D eigenvalue weighted by Gasteiger charge is 2.23. The molecule has 2 rings (SSSR count). The maximum atomic E-state index is 12.2. The van der Waals surface area contributed by atoms with Crippen LogP contribution in [-0.2, 0) is 25.3 Å². The molecular weight excluding hydrogens is 344 g/mol. The molecule has 0 saturated heterocycles. The van der Waals surface area contributed by atoms with Gasteiger partial charge in [0.2, 0.25) is 9.05 Å². The molecule has 10 heteroatoms. The highest BCUT2D eigenvalue weighted by molar-refractivity contribution is 8.14. The summed E-state index contributed by atoms with van der Waals surface area (Å²) < 4.78 is 46.2. The molecule has 0 aliphatic heterocycles. The van der Waals surface area contributed by atoms with Crippen molar-refractivity contribution < 1.29 is 16.8 Å². The summed E-state index contributed by atoms with van der Waals surface area (Å²) in [7, 11) is -2.64. The molecule has 0 N–H and O–H groups in total. The number of halogens is 1. The fourth-order valence-electron chi connectivity index (χ4n) is 1.61. The average Bonchev–Trinajstić information content (AvgIpc) is 2.78. The number of sulfone groups is 1. The van der Waals surface area contributed by atoms with Crippen LogP contribution in [0.25, 0.3) is 10.2 Å². The van der Waals surface area contributed by atoms with E-state index in [9.17, 15) is 16.8 Å². The molecule has 0 bridgehead atoms. The molecule has 0 aliphatic carbocycles. The van der Waals surface area contributed by atoms with E-state index in [0.29, 0.717) is 10.2 Å². The van der Waals surface area contributed by atoms with Gasteiger partial charge in [-0.25, -0.2) is 26.8 Å². The van der Waals surface area contributed by atoms with Crippen LogP contribution in [-0.4, -0.2) is 38.3 Å². The third kappa shape index (κ3) is 3.46. The van der Waals surface area contributed by atoms with Gasteiger partial charge in [0.15, 0.2) is 14.9 Å². The molecule has 110 valence electrons. The van der Waals surface area contributed by atoms with E-state index in [1.54, 1.807) is 6.07 Å². The maximum absolute atomic E-state index is 12.2. The summed E-state index contributed by atoms with van der Waals surface area (Å²) in [6, 6.07) is 1.72. The molecule has 2 aromatic rings. The lowest BCUT2D eigenvalue weighted by Gasteiger charge is -2.03. The lowest BCUT2D eigenvalue weighted by atomic mass is 10.3. The van der Waals surface area contributed by atoms with Gasteiger partial charge in [0.1, 0.15) is 11.2 Å². The smallest absolute Gasteiger partial charge is 0.225 e. The van der Waals surface area contributed by atoms with E-state index in [1.807, 2.05) is 6.92 Å². The van der Waals surface area contributed by atoms with Crippen LogP contribution in [0.4, 0.5) is 0 Å². The van der Waals surface area contributed by atoms with Gasteiger partial charge >= 0.3 is 0 Å². The van der Waals surface area contributed by atoms with Crippen molar-refractivity contribution in [3.63, 3.8) is 0 Å². The second kappa shape index (κ2) is 5.55. The quantitative estimate of drug-likeness (QED) is 0.598. The second-order valence-electron chi connectivity index (χ2n) is 4.03. The lowest BCUT2D eigenvalue weighted by Crippen LogP contribution is -2.15. The molecule has 2 aromatic heterocycles. The Labute approximate surface area is 125 Å². The second-order valence-corrected chi connectivity index (χ2v) is 10.1. The van der Waals surface area contributed by atoms with Crippen LogP contribution in [0.15, 0.2) is 17.4 Å². The number of fused-ring (bicyclic) bond motifs is 1. The van der Waals surface area contributed by atoms with Crippen LogP contribution in [0.2, 0.25) is 0 Å². The standard InChI is InChI=1S/C10H11ClN2O4S3/c1-2-7-5-8-9(18-7)12-6-13-10(8)19(14,15)3-4-20(11,16)17/h5-6H,2-4H2,1H3. The third-order valence-corrected chi connectivity index (χ3v) is 6.84. The number of hydrogen-bond donors (Lipinski definition) is 0. The highest BCUT2D eigenvalue weighted by atomic mass is 35.7. The molecule has 0 fully saturated rings. The van der Waals surface area contributed by atoms with Gasteiger partial charge in [-0.15, -0.1) is 11.3 Å². The van der Waals surface area contributed by atoms with E-state index in [4.69, 9.17) is 10.7 Å². The minimum Gasteiger partial charge on any atom is -0.225 e. The van der Waals surface area contributed by atoms with Crippen molar-refractivity contribution in [3.8, 4) is 0 Å². The summed E-state index contributed by atoms with van der Waals surface area (Å²) in [6.07, 6.45) is 1.93. The number of nitrogens with zero attached hydrogens (tertiary/aromatic N) is 2. The Kier molecular flexibility index (Phi) is 4.33. The first-order valence-corrected chi connectivity index (χ1v) is 10.6. The summed E-state index contributed by atoms with van der Waals surface area (Å²) in [6.45, 7) is 1.95. The molecule has 2 heterocycles. The van der Waals surface area contributed by atoms with E-state index in [2.05, 4.69) is 9.97 Å². The molecule has 0 atom stereocenters. The summed E-state index contributed by atoms with van der Waals surface area (Å²) in [4.78, 5) is 9.39. The molecule has 0 aromatic carbocycles. The van der Waals surface area contributed by atoms with Crippen molar-refractivity contribution in [2.75, 3.05) is 11.5 Å². The molecule has 0 unspecified atom stereocenters. The molecule has 0 amide bonds. The zero-order chi connectivity index (χ0) is 15.0. The van der Waals surface area contributed by atoms with Gasteiger partial charge in [0.25, 0.3) is 0 Å². The summed E-state index contributed by atoms with van der Waals surface area (Å²) >= 11 is 1.39. The van der Waals surface area contributed by atoms with Crippen molar-refractivity contribution in [2.45, 2.75) is 18.4 Å². The molecule has 0 aliphatic rings. The summed E-state index contributed by atoms with van der Waals surface area (Å²) in [5.74, 6) is -1.24. The van der Waals surface area contributed by atoms with Crippen LogP contribution >= 0.6 is 22.0 Å². The van der Waals surface area contributed by atoms with E-state index in [1.165, 1.54) is 17.7 Å². The van der Waals surface area contributed by atoms with Gasteiger partial charge in [-0.1, -0.05) is 6.92 Å². The Morgan fingerprint density at radius 1 is 1.20 bits per heavy atom. The fourth-order valence-corrected chi connectivity index (χ4v) is 5.74. The Hall–Kier alpha value is -0.770. The number of aromatic nitrogens is 2. The molecule has 6 nitrogen and oxygen atoms in total. The van der Waals surface area contributed by atoms with Gasteiger partial charge in [0.05, 0.1) is 11.5 Å². The molecule has 0 radical (unpaired) electrons. The Balaban J connectivity index is 2.48. The molecule has 20 heavy (non-hydrogen) atoms. The Bertz CT molecular complexity index is 843. The summed E-state index contributed by atoms with van der Waals surface area (Å²) in [5, 5.41) is 0.292. The largest absolute Gasteiger partial charge is 0.233 e. The maximum Gasteiger partial charge on any atom is 0.233 e. The first-order valence-electron chi connectivity index (χ1n) is 5.61. The molecule has 0 saturated carbocycles. The van der Waals surface area contributed by atoms with E-state index >= 15 is 0 Å². The van der Waals surface area contributed by atoms with Crippen LogP contribution in [0.3, 0.4) is 0 Å². The SMILES string of the molecule is CCc1cc2c(S(=O)(=O)CCS(=O)(=O)Cl)ncnc2s1. The predicted molar refractivity (Wildman–Crippen MR) is 78.5 cm³/mol. The number of thiophene rings is 1. The normalized spacial score (nSPS) is 12.9. The highest BCUT2D eigenvalue weighted by Crippen LogP contribution is 2.28. The van der Waals surface area contributed by atoms with Gasteiger partial charge in [0, 0.05) is 20.9 Å². The average molecular weight is 355 g/mol. The van der Waals surface area contributed by atoms with Crippen LogP contribution in [0.5, 0.6) is 0 Å². The van der Waals surface area contributed by atoms with Crippen molar-refractivity contribution in [1.29, 1.82) is 0 Å². The van der Waals surface area contributed by atoms with E-state index in [-0.39, 0.29) is 5.03 Å². The number of rotatable bonds is 5. The van der Waals surface area contributed by atoms with Gasteiger partial charge in [-0.3, -0.25) is 0 Å². The van der Waals surface area contributed by atoms with Gasteiger partial charge in [-0.2, -0.15) is 0 Å². The van der Waals surface area contributed by atoms with Crippen molar-refractivity contribution in [2.24, 2.45) is 0 Å². The van der Waals surface area contributed by atoms with Crippen molar-refractivity contribution in [3.05, 3.63) is 17.3 Å². The first-order chi connectivity index (χ1) is 9.23. The van der Waals surface area contributed by atoms with Gasteiger partial charge < -0.3 is 0 Å². The van der Waals surface area contributed by atoms with E-state index in [0.717, 1.165) is 11.3 Å². The van der Waals surface area contributed by atoms with Crippen molar-refractivity contribution in [1.82, 2.24) is 9.97 Å². The van der Waals surface area contributed by atoms with Crippen molar-refractivity contribution >= 4 is 51.1 Å². The third-order valence-electron chi connectivity index (χ3n) is 2.58. The molecule has 0 spiro atoms. The van der Waals surface area contributed by atoms with Crippen LogP contribution in [0, 0.1) is 0 Å². The van der Waals surface area contributed by atoms with E-state index < -0.39 is 30.4 Å². The lowest BCUT2D eigenvalue weighted by molar-refractivity contribution is 0.590. The molecular formula is C10H11ClN2O4S3. The first kappa shape index (κ1) is 15.6. The fraction of sp³-hybridized carbons (Fsp3) is 0.400.